The van der Waals surface area contributed by atoms with E-state index in [0.29, 0.717) is 31.0 Å². The number of carbonyl (C=O) groups is 2. The summed E-state index contributed by atoms with van der Waals surface area (Å²) in [5.74, 6) is 0.346. The molecule has 0 unspecified atom stereocenters. The molecule has 7 heteroatoms. The predicted octanol–water partition coefficient (Wildman–Crippen LogP) is 3.70. The van der Waals surface area contributed by atoms with Crippen molar-refractivity contribution in [1.82, 2.24) is 20.1 Å². The molecule has 1 fully saturated rings. The lowest BCUT2D eigenvalue weighted by atomic mass is 9.93. The summed E-state index contributed by atoms with van der Waals surface area (Å²) in [4.78, 5) is 30.3. The average Bonchev–Trinajstić information content (AvgIpc) is 3.25. The molecule has 3 N–H and O–H groups in total. The highest BCUT2D eigenvalue weighted by Gasteiger charge is 2.26. The SMILES string of the molecule is Cc1[nH]ncc1C(=O)N1CCC(CC(=O)Nc2ccc3[nH]c(C)c(C)c3c2)CC1. The van der Waals surface area contributed by atoms with Crippen LogP contribution in [0.15, 0.2) is 24.4 Å². The summed E-state index contributed by atoms with van der Waals surface area (Å²) in [6, 6.07) is 5.97. The van der Waals surface area contributed by atoms with Gasteiger partial charge in [-0.3, -0.25) is 14.7 Å². The molecule has 0 atom stereocenters. The zero-order chi connectivity index (χ0) is 20.5. The average molecular weight is 393 g/mol. The fourth-order valence-corrected chi connectivity index (χ4v) is 4.09. The van der Waals surface area contributed by atoms with Gasteiger partial charge in [0, 0.05) is 47.5 Å². The second-order valence-electron chi connectivity index (χ2n) is 8.03. The van der Waals surface area contributed by atoms with Crippen LogP contribution in [0.25, 0.3) is 10.9 Å². The number of amides is 2. The quantitative estimate of drug-likeness (QED) is 0.631. The fourth-order valence-electron chi connectivity index (χ4n) is 4.09. The highest BCUT2D eigenvalue weighted by Crippen LogP contribution is 2.26. The minimum atomic E-state index is 0.0182. The van der Waals surface area contributed by atoms with Crippen LogP contribution in [0, 0.1) is 26.7 Å². The first-order chi connectivity index (χ1) is 13.9. The van der Waals surface area contributed by atoms with Crippen LogP contribution in [0.1, 0.15) is 46.6 Å². The van der Waals surface area contributed by atoms with Gasteiger partial charge >= 0.3 is 0 Å². The monoisotopic (exact) mass is 393 g/mol. The van der Waals surface area contributed by atoms with Crippen LogP contribution < -0.4 is 5.32 Å². The summed E-state index contributed by atoms with van der Waals surface area (Å²) >= 11 is 0. The number of hydrogen-bond donors (Lipinski definition) is 3. The van der Waals surface area contributed by atoms with E-state index in [2.05, 4.69) is 34.3 Å². The van der Waals surface area contributed by atoms with Crippen LogP contribution in [0.4, 0.5) is 5.69 Å². The molecule has 0 radical (unpaired) electrons. The molecule has 1 aliphatic heterocycles. The Morgan fingerprint density at radius 3 is 2.62 bits per heavy atom. The first kappa shape index (κ1) is 19.2. The molecule has 2 aromatic heterocycles. The van der Waals surface area contributed by atoms with E-state index in [1.54, 1.807) is 6.20 Å². The van der Waals surface area contributed by atoms with E-state index in [1.165, 1.54) is 5.56 Å². The molecule has 1 saturated heterocycles. The molecule has 3 heterocycles. The summed E-state index contributed by atoms with van der Waals surface area (Å²) in [6.07, 6.45) is 3.74. The number of piperidine rings is 1. The molecule has 1 aromatic carbocycles. The molecule has 0 saturated carbocycles. The van der Waals surface area contributed by atoms with Crippen LogP contribution in [-0.4, -0.2) is 45.0 Å². The molecule has 0 spiro atoms. The van der Waals surface area contributed by atoms with E-state index in [4.69, 9.17) is 0 Å². The molecule has 152 valence electrons. The van der Waals surface area contributed by atoms with Crippen molar-refractivity contribution >= 4 is 28.4 Å². The number of rotatable bonds is 4. The Morgan fingerprint density at radius 1 is 1.17 bits per heavy atom. The Hall–Kier alpha value is -3.09. The van der Waals surface area contributed by atoms with Crippen molar-refractivity contribution < 1.29 is 9.59 Å². The molecule has 1 aliphatic rings. The maximum absolute atomic E-state index is 12.6. The number of nitrogens with zero attached hydrogens (tertiary/aromatic N) is 2. The third-order valence-corrected chi connectivity index (χ3v) is 6.03. The van der Waals surface area contributed by atoms with Gasteiger partial charge in [0.05, 0.1) is 11.8 Å². The van der Waals surface area contributed by atoms with Crippen molar-refractivity contribution in [3.8, 4) is 0 Å². The molecular formula is C22H27N5O2. The number of aromatic amines is 2. The van der Waals surface area contributed by atoms with Gasteiger partial charge in [-0.05, 0) is 63.3 Å². The van der Waals surface area contributed by atoms with Crippen LogP contribution in [0.2, 0.25) is 0 Å². The number of carbonyl (C=O) groups excluding carboxylic acids is 2. The smallest absolute Gasteiger partial charge is 0.257 e. The summed E-state index contributed by atoms with van der Waals surface area (Å²) in [5.41, 5.74) is 5.69. The maximum Gasteiger partial charge on any atom is 0.257 e. The molecular weight excluding hydrogens is 366 g/mol. The lowest BCUT2D eigenvalue weighted by Crippen LogP contribution is -2.39. The standard InChI is InChI=1S/C22H27N5O2/c1-13-14(2)24-20-5-4-17(11-18(13)20)25-21(28)10-16-6-8-27(9-7-16)22(29)19-12-23-26-15(19)3/h4-5,11-12,16,24H,6-10H2,1-3H3,(H,23,26)(H,25,28). The second-order valence-corrected chi connectivity index (χ2v) is 8.03. The zero-order valence-corrected chi connectivity index (χ0v) is 17.1. The van der Waals surface area contributed by atoms with E-state index >= 15 is 0 Å². The lowest BCUT2D eigenvalue weighted by molar-refractivity contribution is -0.117. The maximum atomic E-state index is 12.6. The van der Waals surface area contributed by atoms with E-state index in [0.717, 1.165) is 40.8 Å². The Kier molecular flexibility index (Phi) is 5.13. The number of fused-ring (bicyclic) bond motifs is 1. The molecule has 0 aliphatic carbocycles. The van der Waals surface area contributed by atoms with E-state index in [1.807, 2.05) is 30.0 Å². The molecule has 29 heavy (non-hydrogen) atoms. The Balaban J connectivity index is 1.31. The molecule has 2 amide bonds. The number of H-pyrrole nitrogens is 2. The molecule has 7 nitrogen and oxygen atoms in total. The molecule has 3 aromatic rings. The number of anilines is 1. The van der Waals surface area contributed by atoms with Gasteiger partial charge < -0.3 is 15.2 Å². The number of benzene rings is 1. The highest BCUT2D eigenvalue weighted by atomic mass is 16.2. The number of likely N-dealkylation sites (tertiary alicyclic amines) is 1. The van der Waals surface area contributed by atoms with Gasteiger partial charge in [0.25, 0.3) is 5.91 Å². The van der Waals surface area contributed by atoms with E-state index in [9.17, 15) is 9.59 Å². The van der Waals surface area contributed by atoms with Crippen molar-refractivity contribution in [2.24, 2.45) is 5.92 Å². The van der Waals surface area contributed by atoms with Gasteiger partial charge in [-0.15, -0.1) is 0 Å². The summed E-state index contributed by atoms with van der Waals surface area (Å²) in [5, 5.41) is 10.9. The first-order valence-corrected chi connectivity index (χ1v) is 10.1. The fraction of sp³-hybridized carbons (Fsp3) is 0.409. The normalized spacial score (nSPS) is 15.1. The van der Waals surface area contributed by atoms with Gasteiger partial charge in [-0.2, -0.15) is 5.10 Å². The van der Waals surface area contributed by atoms with Crippen molar-refractivity contribution in [2.75, 3.05) is 18.4 Å². The summed E-state index contributed by atoms with van der Waals surface area (Å²) in [7, 11) is 0. The largest absolute Gasteiger partial charge is 0.358 e. The minimum absolute atomic E-state index is 0.0182. The Bertz CT molecular complexity index is 1060. The molecule has 4 rings (SSSR count). The van der Waals surface area contributed by atoms with Gasteiger partial charge in [-0.1, -0.05) is 0 Å². The lowest BCUT2D eigenvalue weighted by Gasteiger charge is -2.31. The second kappa shape index (κ2) is 7.73. The minimum Gasteiger partial charge on any atom is -0.358 e. The zero-order valence-electron chi connectivity index (χ0n) is 17.1. The third kappa shape index (κ3) is 3.90. The topological polar surface area (TPSA) is 93.9 Å². The van der Waals surface area contributed by atoms with E-state index in [-0.39, 0.29) is 11.8 Å². The van der Waals surface area contributed by atoms with Crippen molar-refractivity contribution in [3.05, 3.63) is 46.9 Å². The Morgan fingerprint density at radius 2 is 1.93 bits per heavy atom. The third-order valence-electron chi connectivity index (χ3n) is 6.03. The number of nitrogens with one attached hydrogen (secondary N) is 3. The van der Waals surface area contributed by atoms with Gasteiger partial charge in [0.1, 0.15) is 0 Å². The summed E-state index contributed by atoms with van der Waals surface area (Å²) < 4.78 is 0. The van der Waals surface area contributed by atoms with Gasteiger partial charge in [0.15, 0.2) is 0 Å². The number of aryl methyl sites for hydroxylation is 3. The van der Waals surface area contributed by atoms with Gasteiger partial charge in [0.2, 0.25) is 5.91 Å². The Labute approximate surface area is 169 Å². The van der Waals surface area contributed by atoms with Crippen LogP contribution >= 0.6 is 0 Å². The van der Waals surface area contributed by atoms with Crippen molar-refractivity contribution in [3.63, 3.8) is 0 Å². The number of aromatic nitrogens is 3. The van der Waals surface area contributed by atoms with Crippen molar-refractivity contribution in [1.29, 1.82) is 0 Å². The molecule has 0 bridgehead atoms. The first-order valence-electron chi connectivity index (χ1n) is 10.1. The highest BCUT2D eigenvalue weighted by molar-refractivity contribution is 5.96. The van der Waals surface area contributed by atoms with Crippen LogP contribution in [0.5, 0.6) is 0 Å². The summed E-state index contributed by atoms with van der Waals surface area (Å²) in [6.45, 7) is 7.34. The number of hydrogen-bond acceptors (Lipinski definition) is 3. The van der Waals surface area contributed by atoms with Crippen LogP contribution in [0.3, 0.4) is 0 Å². The predicted molar refractivity (Wildman–Crippen MR) is 113 cm³/mol. The van der Waals surface area contributed by atoms with Crippen molar-refractivity contribution in [2.45, 2.75) is 40.0 Å². The van der Waals surface area contributed by atoms with Gasteiger partial charge in [-0.25, -0.2) is 0 Å². The van der Waals surface area contributed by atoms with Crippen LogP contribution in [-0.2, 0) is 4.79 Å². The van der Waals surface area contributed by atoms with E-state index < -0.39 is 0 Å².